The van der Waals surface area contributed by atoms with Crippen molar-refractivity contribution >= 4 is 74.5 Å². The molecular formula is C60H93N27O13. The average Bonchev–Trinajstić information content (AvgIpc) is 1.63. The van der Waals surface area contributed by atoms with Gasteiger partial charge in [-0.1, -0.05) is 0 Å². The Balaban J connectivity index is 0.000000160. The van der Waals surface area contributed by atoms with Crippen molar-refractivity contribution < 1.29 is 14.6 Å². The highest BCUT2D eigenvalue weighted by atomic mass is 16.5. The zero-order chi connectivity index (χ0) is 73.0. The summed E-state index contributed by atoms with van der Waals surface area (Å²) in [6.45, 7) is 13.2. The summed E-state index contributed by atoms with van der Waals surface area (Å²) in [7, 11) is 21.1. The number of fused-ring (bicyclic) bond motifs is 5. The van der Waals surface area contributed by atoms with Crippen molar-refractivity contribution in [1.29, 1.82) is 0 Å². The van der Waals surface area contributed by atoms with Crippen molar-refractivity contribution in [3.63, 3.8) is 0 Å². The Morgan fingerprint density at radius 3 is 1.56 bits per heavy atom. The number of aryl methyl sites for hydroxylation is 3. The fourth-order valence-corrected chi connectivity index (χ4v) is 11.3. The summed E-state index contributed by atoms with van der Waals surface area (Å²) >= 11 is 0. The molecule has 10 N–H and O–H groups in total. The smallest absolute Gasteiger partial charge is 0.332 e. The van der Waals surface area contributed by atoms with E-state index in [4.69, 9.17) is 20.3 Å². The maximum absolute atomic E-state index is 12.3. The number of anilines is 5. The standard InChI is InChI=1S/C16H26N6O3.C13H20N6O3.C12H19N5O2.C10H15N5O2.C9H13N5O3/c1-19-13-12(14(23)20(2)16(19)24)17-15(18-13)22-9-7-21(8-10-22)6-4-5-11-25-3;1-17-10-9(11(20)18(2)13(17)21)15-12(16-10)14-3-4-19-5-7-22-8-6-19;1-15(2)6-5-13-9-7-8-10(14-9)11(18)17(4)12(19)16(8)3;1-14-8-6(9(16)15(2)10(14)17)5-7(13-8)12-4-3-11;1-13-6-5(7(16)14(2)9(13)17)11-8(12-6)10-3-4-15/h4-11H2,1-3H3,(H,17,18);3-8H2,1-2H3,(H2,14,15,16);5-7H2,1-4H3,(H,13,14);3-5,11H2,1-2H3,(H,12,13);15H,3-4H2,1-2H3,(H2,10,11,12). The first-order valence-electron chi connectivity index (χ1n) is 32.5. The molecule has 0 atom stereocenters. The zero-order valence-corrected chi connectivity index (χ0v) is 59.0. The highest BCUT2D eigenvalue weighted by Gasteiger charge is 2.27. The summed E-state index contributed by atoms with van der Waals surface area (Å²) in [6, 6.07) is 0. The molecular weight excluding hydrogens is 1310 g/mol. The van der Waals surface area contributed by atoms with E-state index in [1.807, 2.05) is 19.0 Å². The van der Waals surface area contributed by atoms with Crippen LogP contribution in [0.25, 0.3) is 33.5 Å². The summed E-state index contributed by atoms with van der Waals surface area (Å²) < 4.78 is 22.7. The number of nitrogens with zero attached hydrogens (tertiary/aromatic N) is 19. The first kappa shape index (κ1) is 75.6. The van der Waals surface area contributed by atoms with Crippen LogP contribution in [0.4, 0.5) is 29.4 Å². The maximum atomic E-state index is 12.3. The number of aliphatic imine (C=N–C) groups is 2. The highest BCUT2D eigenvalue weighted by molar-refractivity contribution is 6.02. The molecule has 0 unspecified atom stereocenters. The number of hydrogen-bond donors (Lipinski definition) is 9. The van der Waals surface area contributed by atoms with E-state index in [0.717, 1.165) is 120 Å². The lowest BCUT2D eigenvalue weighted by Gasteiger charge is -2.34. The van der Waals surface area contributed by atoms with Gasteiger partial charge in [0.1, 0.15) is 23.2 Å². The van der Waals surface area contributed by atoms with Crippen molar-refractivity contribution in [3.05, 3.63) is 115 Å². The summed E-state index contributed by atoms with van der Waals surface area (Å²) in [5.41, 5.74) is 5.61. The van der Waals surface area contributed by atoms with Crippen molar-refractivity contribution in [2.24, 2.45) is 86.2 Å². The van der Waals surface area contributed by atoms with Crippen LogP contribution in [0.3, 0.4) is 0 Å². The number of likely N-dealkylation sites (N-methyl/N-ethyl adjacent to an activating group) is 1. The van der Waals surface area contributed by atoms with E-state index in [-0.39, 0.29) is 57.1 Å². The number of aliphatic hydroxyl groups is 1. The number of hydrogen-bond acceptors (Lipinski definition) is 25. The lowest BCUT2D eigenvalue weighted by molar-refractivity contribution is 0.0398. The number of aromatic amines is 3. The Morgan fingerprint density at radius 2 is 1.02 bits per heavy atom. The van der Waals surface area contributed by atoms with Crippen LogP contribution in [0.5, 0.6) is 0 Å². The molecule has 40 heteroatoms. The molecule has 2 saturated heterocycles. The van der Waals surface area contributed by atoms with Crippen LogP contribution >= 0.6 is 0 Å². The molecule has 100 heavy (non-hydrogen) atoms. The fraction of sp³-hybridized carbons (Fsp3) is 0.583. The van der Waals surface area contributed by atoms with Crippen LogP contribution in [-0.2, 0) is 92.8 Å². The van der Waals surface area contributed by atoms with Gasteiger partial charge in [0.25, 0.3) is 27.8 Å². The molecule has 40 nitrogen and oxygen atoms in total. The molecule has 0 spiro atoms. The SMILES string of the molecule is CN(C)CCN=C1Cc2c(c(=O)n(C)c(=O)n2C)N1.COCCCCN1CCN(c2nc3c([nH]2)c(=O)n(C)c(=O)n3C)CC1.Cn1c(=O)c2[nH]c(NCCN3CCOCC3)nc2n(C)c1=O.Cn1c(=O)c2[nH]c(NCCO)nc2n(C)c1=O.Cn1c2c(c(=O)n(C)c1=O)CC(=NCCN)N2. The van der Waals surface area contributed by atoms with Crippen LogP contribution < -0.4 is 88.1 Å². The highest BCUT2D eigenvalue weighted by Crippen LogP contribution is 2.20. The summed E-state index contributed by atoms with van der Waals surface area (Å²) in [6.07, 6.45) is 3.15. The van der Waals surface area contributed by atoms with Crippen molar-refractivity contribution in [3.8, 4) is 0 Å². The first-order chi connectivity index (χ1) is 47.6. The summed E-state index contributed by atoms with van der Waals surface area (Å²) in [4.78, 5) is 158. The first-order valence-corrected chi connectivity index (χ1v) is 32.5. The number of amidine groups is 2. The topological polar surface area (TPSA) is 457 Å². The fourth-order valence-electron chi connectivity index (χ4n) is 11.3. The number of unbranched alkanes of at least 4 members (excludes halogenated alkanes) is 1. The number of ether oxygens (including phenoxy) is 2. The molecule has 0 saturated carbocycles. The predicted molar refractivity (Wildman–Crippen MR) is 382 cm³/mol. The summed E-state index contributed by atoms with van der Waals surface area (Å²) in [5, 5.41) is 20.6. The van der Waals surface area contributed by atoms with Crippen LogP contribution in [0.2, 0.25) is 0 Å². The maximum Gasteiger partial charge on any atom is 0.332 e. The number of aromatic nitrogens is 16. The second-order valence-corrected chi connectivity index (χ2v) is 24.4. The van der Waals surface area contributed by atoms with Gasteiger partial charge in [-0.15, -0.1) is 0 Å². The largest absolute Gasteiger partial charge is 0.395 e. The third-order valence-corrected chi connectivity index (χ3v) is 17.3. The minimum atomic E-state index is -0.428. The third-order valence-electron chi connectivity index (χ3n) is 17.3. The molecule has 0 radical (unpaired) electrons. The van der Waals surface area contributed by atoms with Gasteiger partial charge in [-0.3, -0.25) is 89.4 Å². The third kappa shape index (κ3) is 16.9. The Bertz CT molecular complexity index is 4950. The van der Waals surface area contributed by atoms with Crippen molar-refractivity contribution in [2.75, 3.05) is 165 Å². The van der Waals surface area contributed by atoms with Gasteiger partial charge in [0, 0.05) is 169 Å². The van der Waals surface area contributed by atoms with Gasteiger partial charge in [-0.05, 0) is 33.5 Å². The van der Waals surface area contributed by atoms with E-state index < -0.39 is 11.2 Å². The van der Waals surface area contributed by atoms with Crippen LogP contribution in [0.15, 0.2) is 57.9 Å². The molecule has 2 fully saturated rings. The molecule has 0 bridgehead atoms. The number of imidazole rings is 3. The molecule has 4 aliphatic heterocycles. The quantitative estimate of drug-likeness (QED) is 0.0361. The summed E-state index contributed by atoms with van der Waals surface area (Å²) in [5.74, 6) is 3.48. The van der Waals surface area contributed by atoms with Crippen molar-refractivity contribution in [1.82, 2.24) is 90.3 Å². The number of aliphatic hydroxyl groups excluding tert-OH is 1. The molecule has 0 aromatic carbocycles. The van der Waals surface area contributed by atoms with Gasteiger partial charge < -0.3 is 66.3 Å². The van der Waals surface area contributed by atoms with E-state index in [1.54, 1.807) is 42.3 Å². The molecule has 0 aliphatic carbocycles. The average molecular weight is 1400 g/mol. The molecule has 4 aliphatic rings. The Kier molecular flexibility index (Phi) is 25.4. The van der Waals surface area contributed by atoms with Gasteiger partial charge in [-0.2, -0.15) is 15.0 Å². The second kappa shape index (κ2) is 33.6. The van der Waals surface area contributed by atoms with E-state index in [9.17, 15) is 47.9 Å². The number of H-pyrrole nitrogens is 3. The van der Waals surface area contributed by atoms with Gasteiger partial charge in [0.15, 0.2) is 33.5 Å². The van der Waals surface area contributed by atoms with Crippen LogP contribution in [0, 0.1) is 0 Å². The van der Waals surface area contributed by atoms with Gasteiger partial charge in [-0.25, -0.2) is 24.0 Å². The van der Waals surface area contributed by atoms with E-state index in [1.165, 1.54) is 58.1 Å². The van der Waals surface area contributed by atoms with Crippen LogP contribution in [-0.4, -0.2) is 246 Å². The van der Waals surface area contributed by atoms with E-state index >= 15 is 0 Å². The van der Waals surface area contributed by atoms with E-state index in [0.29, 0.717) is 120 Å². The molecule has 12 heterocycles. The number of nitrogens with one attached hydrogen (secondary N) is 7. The molecule has 8 aromatic heterocycles. The number of methoxy groups -OCH3 is 1. The lowest BCUT2D eigenvalue weighted by atomic mass is 10.2. The minimum Gasteiger partial charge on any atom is -0.395 e. The Hall–Kier alpha value is -10.1. The van der Waals surface area contributed by atoms with Crippen molar-refractivity contribution in [2.45, 2.75) is 25.7 Å². The second-order valence-electron chi connectivity index (χ2n) is 24.4. The zero-order valence-electron chi connectivity index (χ0n) is 59.0. The molecule has 0 amide bonds. The molecule has 8 aromatic rings. The lowest BCUT2D eigenvalue weighted by Crippen LogP contribution is -2.47. The van der Waals surface area contributed by atoms with Gasteiger partial charge in [0.2, 0.25) is 17.8 Å². The van der Waals surface area contributed by atoms with E-state index in [2.05, 4.69) is 75.9 Å². The number of piperazine rings is 1. The Labute approximate surface area is 570 Å². The van der Waals surface area contributed by atoms with Gasteiger partial charge in [0.05, 0.1) is 44.2 Å². The van der Waals surface area contributed by atoms with Gasteiger partial charge >= 0.3 is 28.4 Å². The minimum absolute atomic E-state index is 0.0476. The van der Waals surface area contributed by atoms with Crippen LogP contribution in [0.1, 0.15) is 24.1 Å². The Morgan fingerprint density at radius 1 is 0.540 bits per heavy atom. The number of nitrogens with two attached hydrogens (primary N) is 1. The predicted octanol–water partition coefficient (Wildman–Crippen LogP) is -6.00. The molecule has 12 rings (SSSR count). The molecule has 546 valence electrons. The number of morpholine rings is 1. The normalized spacial score (nSPS) is 15.2. The number of rotatable bonds is 18. The monoisotopic (exact) mass is 1400 g/mol.